The summed E-state index contributed by atoms with van der Waals surface area (Å²) in [6, 6.07) is 4.04. The van der Waals surface area contributed by atoms with Crippen LogP contribution in [0.2, 0.25) is 0 Å². The van der Waals surface area contributed by atoms with Gasteiger partial charge in [-0.05, 0) is 25.0 Å². The maximum atomic E-state index is 11.2. The van der Waals surface area contributed by atoms with E-state index < -0.39 is 16.6 Å². The van der Waals surface area contributed by atoms with Crippen LogP contribution in [0.25, 0.3) is 0 Å². The topological polar surface area (TPSA) is 104 Å². The first-order valence-electron chi connectivity index (χ1n) is 5.94. The molecule has 1 aromatic rings. The molecule has 1 saturated heterocycles. The Hall–Kier alpha value is -2.15. The molecule has 0 spiro atoms. The summed E-state index contributed by atoms with van der Waals surface area (Å²) < 4.78 is 0. The number of benzene rings is 1. The Morgan fingerprint density at radius 3 is 2.84 bits per heavy atom. The van der Waals surface area contributed by atoms with E-state index >= 15 is 0 Å². The van der Waals surface area contributed by atoms with Crippen molar-refractivity contribution < 1.29 is 19.9 Å². The maximum absolute atomic E-state index is 11.2. The third kappa shape index (κ3) is 2.37. The lowest BCUT2D eigenvalue weighted by molar-refractivity contribution is -0.384. The standard InChI is InChI=1S/C12H14N2O5/c15-7-8-3-2-6-13(8)10-5-1-4-9(12(16)17)11(10)14(18)19/h1,4-5,8,15H,2-3,6-7H2,(H,16,17). The zero-order valence-electron chi connectivity index (χ0n) is 10.2. The Kier molecular flexibility index (Phi) is 3.66. The van der Waals surface area contributed by atoms with Crippen LogP contribution in [0.15, 0.2) is 18.2 Å². The molecule has 1 aromatic carbocycles. The van der Waals surface area contributed by atoms with E-state index in [2.05, 4.69) is 0 Å². The van der Waals surface area contributed by atoms with E-state index in [-0.39, 0.29) is 23.9 Å². The summed E-state index contributed by atoms with van der Waals surface area (Å²) in [5.41, 5.74) is -0.470. The van der Waals surface area contributed by atoms with Gasteiger partial charge in [-0.2, -0.15) is 0 Å². The van der Waals surface area contributed by atoms with Gasteiger partial charge in [-0.1, -0.05) is 6.07 Å². The first-order chi connectivity index (χ1) is 9.06. The number of carboxylic acid groups (broad SMARTS) is 1. The normalized spacial score (nSPS) is 18.6. The molecule has 1 heterocycles. The number of hydrogen-bond donors (Lipinski definition) is 2. The van der Waals surface area contributed by atoms with Crippen molar-refractivity contribution in [3.8, 4) is 0 Å². The molecule has 1 unspecified atom stereocenters. The molecular formula is C12H14N2O5. The van der Waals surface area contributed by atoms with Gasteiger partial charge in [-0.15, -0.1) is 0 Å². The number of aliphatic hydroxyl groups excluding tert-OH is 1. The Morgan fingerprint density at radius 1 is 1.53 bits per heavy atom. The average Bonchev–Trinajstić information content (AvgIpc) is 2.85. The van der Waals surface area contributed by atoms with E-state index in [0.717, 1.165) is 12.8 Å². The molecule has 0 aliphatic carbocycles. The third-order valence-electron chi connectivity index (χ3n) is 3.33. The van der Waals surface area contributed by atoms with Crippen molar-refractivity contribution in [1.82, 2.24) is 0 Å². The average molecular weight is 266 g/mol. The van der Waals surface area contributed by atoms with Gasteiger partial charge in [-0.3, -0.25) is 10.1 Å². The highest BCUT2D eigenvalue weighted by atomic mass is 16.6. The SMILES string of the molecule is O=C(O)c1cccc(N2CCCC2CO)c1[N+](=O)[O-]. The van der Waals surface area contributed by atoms with E-state index in [1.807, 2.05) is 0 Å². The van der Waals surface area contributed by atoms with Gasteiger partial charge in [0.05, 0.1) is 17.6 Å². The van der Waals surface area contributed by atoms with E-state index in [4.69, 9.17) is 5.11 Å². The van der Waals surface area contributed by atoms with Crippen LogP contribution in [0.5, 0.6) is 0 Å². The lowest BCUT2D eigenvalue weighted by atomic mass is 10.1. The van der Waals surface area contributed by atoms with Crippen LogP contribution in [0, 0.1) is 10.1 Å². The first-order valence-corrected chi connectivity index (χ1v) is 5.94. The maximum Gasteiger partial charge on any atom is 0.342 e. The number of anilines is 1. The molecule has 0 amide bonds. The van der Waals surface area contributed by atoms with Crippen LogP contribution in [0.4, 0.5) is 11.4 Å². The summed E-state index contributed by atoms with van der Waals surface area (Å²) in [7, 11) is 0. The highest BCUT2D eigenvalue weighted by Crippen LogP contribution is 2.35. The number of rotatable bonds is 4. The largest absolute Gasteiger partial charge is 0.477 e. The summed E-state index contributed by atoms with van der Waals surface area (Å²) in [6.45, 7) is 0.476. The number of carbonyl (C=O) groups is 1. The Labute approximate surface area is 109 Å². The molecule has 2 rings (SSSR count). The second kappa shape index (κ2) is 5.23. The quantitative estimate of drug-likeness (QED) is 0.628. The van der Waals surface area contributed by atoms with Crippen LogP contribution in [-0.4, -0.2) is 40.3 Å². The van der Waals surface area contributed by atoms with E-state index in [9.17, 15) is 20.0 Å². The molecule has 19 heavy (non-hydrogen) atoms. The van der Waals surface area contributed by atoms with Crippen molar-refractivity contribution in [3.05, 3.63) is 33.9 Å². The molecule has 0 radical (unpaired) electrons. The molecule has 1 atom stereocenters. The van der Waals surface area contributed by atoms with Gasteiger partial charge < -0.3 is 15.1 Å². The number of aromatic carboxylic acids is 1. The first kappa shape index (κ1) is 13.3. The van der Waals surface area contributed by atoms with Crippen molar-refractivity contribution >= 4 is 17.3 Å². The monoisotopic (exact) mass is 266 g/mol. The zero-order valence-corrected chi connectivity index (χ0v) is 10.2. The number of nitro groups is 1. The van der Waals surface area contributed by atoms with Crippen LogP contribution in [0.1, 0.15) is 23.2 Å². The van der Waals surface area contributed by atoms with Gasteiger partial charge >= 0.3 is 11.7 Å². The fourth-order valence-corrected chi connectivity index (χ4v) is 2.47. The van der Waals surface area contributed by atoms with E-state index in [1.54, 1.807) is 4.90 Å². The van der Waals surface area contributed by atoms with Crippen LogP contribution in [0.3, 0.4) is 0 Å². The summed E-state index contributed by atoms with van der Waals surface area (Å²) in [4.78, 5) is 23.3. The second-order valence-corrected chi connectivity index (χ2v) is 4.41. The van der Waals surface area contributed by atoms with E-state index in [0.29, 0.717) is 6.54 Å². The molecule has 1 aliphatic heterocycles. The van der Waals surface area contributed by atoms with Gasteiger partial charge in [0, 0.05) is 6.54 Å². The third-order valence-corrected chi connectivity index (χ3v) is 3.33. The van der Waals surface area contributed by atoms with Gasteiger partial charge in [0.25, 0.3) is 0 Å². The highest BCUT2D eigenvalue weighted by molar-refractivity contribution is 5.95. The number of aliphatic hydroxyl groups is 1. The van der Waals surface area contributed by atoms with Crippen molar-refractivity contribution in [2.24, 2.45) is 0 Å². The number of carboxylic acids is 1. The summed E-state index contributed by atoms with van der Waals surface area (Å²) in [5, 5.41) is 29.5. The number of nitro benzene ring substituents is 1. The smallest absolute Gasteiger partial charge is 0.342 e. The molecule has 1 fully saturated rings. The molecule has 0 bridgehead atoms. The molecule has 2 N–H and O–H groups in total. The van der Waals surface area contributed by atoms with Crippen molar-refractivity contribution in [2.75, 3.05) is 18.1 Å². The van der Waals surface area contributed by atoms with Crippen LogP contribution < -0.4 is 4.90 Å². The molecule has 7 heteroatoms. The molecular weight excluding hydrogens is 252 g/mol. The van der Waals surface area contributed by atoms with Gasteiger partial charge in [0.2, 0.25) is 0 Å². The Morgan fingerprint density at radius 2 is 2.26 bits per heavy atom. The van der Waals surface area contributed by atoms with Crippen LogP contribution >= 0.6 is 0 Å². The number of nitrogens with zero attached hydrogens (tertiary/aromatic N) is 2. The minimum absolute atomic E-state index is 0.103. The van der Waals surface area contributed by atoms with Crippen molar-refractivity contribution in [2.45, 2.75) is 18.9 Å². The lowest BCUT2D eigenvalue weighted by Gasteiger charge is -2.25. The summed E-state index contributed by atoms with van der Waals surface area (Å²) in [5.74, 6) is -1.33. The van der Waals surface area contributed by atoms with Crippen molar-refractivity contribution in [1.29, 1.82) is 0 Å². The molecule has 0 aromatic heterocycles. The zero-order chi connectivity index (χ0) is 14.0. The predicted molar refractivity (Wildman–Crippen MR) is 67.5 cm³/mol. The van der Waals surface area contributed by atoms with Gasteiger partial charge in [0.15, 0.2) is 0 Å². The minimum Gasteiger partial charge on any atom is -0.477 e. The molecule has 102 valence electrons. The summed E-state index contributed by atoms with van der Waals surface area (Å²) >= 11 is 0. The number of para-hydroxylation sites is 1. The fraction of sp³-hybridized carbons (Fsp3) is 0.417. The lowest BCUT2D eigenvalue weighted by Crippen LogP contribution is -2.32. The second-order valence-electron chi connectivity index (χ2n) is 4.41. The van der Waals surface area contributed by atoms with Crippen LogP contribution in [-0.2, 0) is 0 Å². The minimum atomic E-state index is -1.33. The van der Waals surface area contributed by atoms with E-state index in [1.165, 1.54) is 18.2 Å². The van der Waals surface area contributed by atoms with Gasteiger partial charge in [0.1, 0.15) is 11.3 Å². The Balaban J connectivity index is 2.53. The highest BCUT2D eigenvalue weighted by Gasteiger charge is 2.32. The van der Waals surface area contributed by atoms with Gasteiger partial charge in [-0.25, -0.2) is 4.79 Å². The summed E-state index contributed by atoms with van der Waals surface area (Å²) in [6.07, 6.45) is 1.56. The molecule has 0 saturated carbocycles. The molecule has 7 nitrogen and oxygen atoms in total. The molecule has 1 aliphatic rings. The van der Waals surface area contributed by atoms with Crippen molar-refractivity contribution in [3.63, 3.8) is 0 Å². The predicted octanol–water partition coefficient (Wildman–Crippen LogP) is 1.25. The Bertz CT molecular complexity index is 517. The number of hydrogen-bond acceptors (Lipinski definition) is 5. The fourth-order valence-electron chi connectivity index (χ4n) is 2.47.